The van der Waals surface area contributed by atoms with Crippen LogP contribution in [0.1, 0.15) is 24.8 Å². The van der Waals surface area contributed by atoms with Crippen LogP contribution in [0.5, 0.6) is 0 Å². The number of hydrogen-bond donors (Lipinski definition) is 2. The van der Waals surface area contributed by atoms with Crippen molar-refractivity contribution < 1.29 is 0 Å². The van der Waals surface area contributed by atoms with Crippen LogP contribution < -0.4 is 11.1 Å². The van der Waals surface area contributed by atoms with E-state index in [2.05, 4.69) is 20.2 Å². The average Bonchev–Trinajstić information content (AvgIpc) is 2.47. The molecule has 0 radical (unpaired) electrons. The molecule has 19 heavy (non-hydrogen) atoms. The number of aromatic nitrogens is 1. The van der Waals surface area contributed by atoms with Gasteiger partial charge in [0.1, 0.15) is 0 Å². The van der Waals surface area contributed by atoms with Gasteiger partial charge in [-0.1, -0.05) is 6.07 Å². The van der Waals surface area contributed by atoms with Gasteiger partial charge in [-0.25, -0.2) is 0 Å². The zero-order valence-corrected chi connectivity index (χ0v) is 11.7. The first-order chi connectivity index (χ1) is 9.25. The standard InChI is InChI=1S/C13H19N5S/c14-12(18-7-2-1-3-8-18)17-13(19)16-10-11-5-4-6-15-9-11/h4-6,9H,1-3,7-8,10H2,(H3,14,16,17,19). The fourth-order valence-electron chi connectivity index (χ4n) is 2.02. The third-order valence-corrected chi connectivity index (χ3v) is 3.30. The highest BCUT2D eigenvalue weighted by molar-refractivity contribution is 7.80. The van der Waals surface area contributed by atoms with Gasteiger partial charge in [0, 0.05) is 32.0 Å². The second-order valence-corrected chi connectivity index (χ2v) is 4.92. The molecule has 6 heteroatoms. The number of rotatable bonds is 2. The molecule has 3 N–H and O–H groups in total. The minimum Gasteiger partial charge on any atom is -0.369 e. The third-order valence-electron chi connectivity index (χ3n) is 3.06. The molecule has 0 aliphatic carbocycles. The zero-order chi connectivity index (χ0) is 13.5. The van der Waals surface area contributed by atoms with E-state index in [1.165, 1.54) is 19.3 Å². The fourth-order valence-corrected chi connectivity index (χ4v) is 2.18. The van der Waals surface area contributed by atoms with Gasteiger partial charge in [-0.05, 0) is 43.1 Å². The van der Waals surface area contributed by atoms with Crippen LogP contribution in [-0.4, -0.2) is 34.0 Å². The van der Waals surface area contributed by atoms with Gasteiger partial charge < -0.3 is 16.0 Å². The van der Waals surface area contributed by atoms with Crippen LogP contribution >= 0.6 is 12.2 Å². The number of guanidine groups is 1. The van der Waals surface area contributed by atoms with Gasteiger partial charge in [-0.2, -0.15) is 4.99 Å². The van der Waals surface area contributed by atoms with Gasteiger partial charge in [-0.15, -0.1) is 0 Å². The summed E-state index contributed by atoms with van der Waals surface area (Å²) < 4.78 is 0. The molecule has 0 aromatic carbocycles. The van der Waals surface area contributed by atoms with Crippen LogP contribution in [-0.2, 0) is 6.54 Å². The lowest BCUT2D eigenvalue weighted by molar-refractivity contribution is 0.339. The molecule has 0 atom stereocenters. The van der Waals surface area contributed by atoms with E-state index in [1.54, 1.807) is 12.4 Å². The van der Waals surface area contributed by atoms with Crippen LogP contribution in [0, 0.1) is 0 Å². The predicted octanol–water partition coefficient (Wildman–Crippen LogP) is 1.26. The molecule has 1 aliphatic rings. The van der Waals surface area contributed by atoms with E-state index in [9.17, 15) is 0 Å². The minimum absolute atomic E-state index is 0.423. The van der Waals surface area contributed by atoms with Crippen molar-refractivity contribution in [1.82, 2.24) is 15.2 Å². The molecule has 2 heterocycles. The molecule has 0 spiro atoms. The third kappa shape index (κ3) is 4.48. The SMILES string of the molecule is N/C(=N\C(=S)NCc1cccnc1)N1CCCCC1. The summed E-state index contributed by atoms with van der Waals surface area (Å²) in [5.74, 6) is 0.517. The quantitative estimate of drug-likeness (QED) is 0.484. The van der Waals surface area contributed by atoms with Crippen molar-refractivity contribution in [3.05, 3.63) is 30.1 Å². The number of thiocarbonyl (C=S) groups is 1. The molecular formula is C13H19N5S. The highest BCUT2D eigenvalue weighted by Crippen LogP contribution is 2.07. The van der Waals surface area contributed by atoms with Crippen LogP contribution in [0.15, 0.2) is 29.5 Å². The molecular weight excluding hydrogens is 258 g/mol. The number of nitrogens with zero attached hydrogens (tertiary/aromatic N) is 3. The van der Waals surface area contributed by atoms with Gasteiger partial charge in [-0.3, -0.25) is 4.98 Å². The van der Waals surface area contributed by atoms with Crippen LogP contribution in [0.2, 0.25) is 0 Å². The minimum atomic E-state index is 0.423. The van der Waals surface area contributed by atoms with Crippen molar-refractivity contribution >= 4 is 23.3 Å². The molecule has 0 amide bonds. The average molecular weight is 277 g/mol. The van der Waals surface area contributed by atoms with Crippen LogP contribution in [0.3, 0.4) is 0 Å². The Morgan fingerprint density at radius 1 is 1.42 bits per heavy atom. The monoisotopic (exact) mass is 277 g/mol. The summed E-state index contributed by atoms with van der Waals surface area (Å²) in [6.45, 7) is 2.56. The predicted molar refractivity (Wildman–Crippen MR) is 80.7 cm³/mol. The van der Waals surface area contributed by atoms with Crippen molar-refractivity contribution in [3.63, 3.8) is 0 Å². The van der Waals surface area contributed by atoms with Gasteiger partial charge >= 0.3 is 0 Å². The number of aliphatic imine (C=N–C) groups is 1. The van der Waals surface area contributed by atoms with Crippen LogP contribution in [0.25, 0.3) is 0 Å². The van der Waals surface area contributed by atoms with Gasteiger partial charge in [0.15, 0.2) is 11.1 Å². The lowest BCUT2D eigenvalue weighted by atomic mass is 10.1. The fraction of sp³-hybridized carbons (Fsp3) is 0.462. The summed E-state index contributed by atoms with van der Waals surface area (Å²) >= 11 is 5.17. The number of likely N-dealkylation sites (tertiary alicyclic amines) is 1. The Balaban J connectivity index is 1.82. The lowest BCUT2D eigenvalue weighted by Gasteiger charge is -2.27. The number of hydrogen-bond acceptors (Lipinski definition) is 2. The molecule has 5 nitrogen and oxygen atoms in total. The Morgan fingerprint density at radius 3 is 2.89 bits per heavy atom. The molecule has 1 aliphatic heterocycles. The Kier molecular flexibility index (Phi) is 5.09. The summed E-state index contributed by atoms with van der Waals surface area (Å²) in [6.07, 6.45) is 7.16. The Morgan fingerprint density at radius 2 is 2.21 bits per heavy atom. The van der Waals surface area contributed by atoms with E-state index in [1.807, 2.05) is 12.1 Å². The van der Waals surface area contributed by atoms with Crippen molar-refractivity contribution in [2.45, 2.75) is 25.8 Å². The first-order valence-electron chi connectivity index (χ1n) is 6.51. The molecule has 0 unspecified atom stereocenters. The number of pyridine rings is 1. The Labute approximate surface area is 118 Å². The summed E-state index contributed by atoms with van der Waals surface area (Å²) in [4.78, 5) is 10.4. The van der Waals surface area contributed by atoms with Crippen molar-refractivity contribution in [2.24, 2.45) is 10.7 Å². The zero-order valence-electron chi connectivity index (χ0n) is 10.9. The van der Waals surface area contributed by atoms with Crippen molar-refractivity contribution in [2.75, 3.05) is 13.1 Å². The smallest absolute Gasteiger partial charge is 0.198 e. The van der Waals surface area contributed by atoms with Crippen molar-refractivity contribution in [1.29, 1.82) is 0 Å². The number of nitrogens with two attached hydrogens (primary N) is 1. The Hall–Kier alpha value is -1.69. The largest absolute Gasteiger partial charge is 0.369 e. The maximum absolute atomic E-state index is 5.95. The molecule has 1 fully saturated rings. The molecule has 1 aromatic heterocycles. The summed E-state index contributed by atoms with van der Waals surface area (Å²) in [5, 5.41) is 3.49. The second kappa shape index (κ2) is 7.04. The van der Waals surface area contributed by atoms with E-state index in [-0.39, 0.29) is 0 Å². The first kappa shape index (κ1) is 13.7. The van der Waals surface area contributed by atoms with E-state index in [0.717, 1.165) is 18.7 Å². The van der Waals surface area contributed by atoms with E-state index in [0.29, 0.717) is 17.6 Å². The molecule has 2 rings (SSSR count). The van der Waals surface area contributed by atoms with Gasteiger partial charge in [0.05, 0.1) is 0 Å². The molecule has 1 aromatic rings. The molecule has 1 saturated heterocycles. The topological polar surface area (TPSA) is 66.5 Å². The number of nitrogens with one attached hydrogen (secondary N) is 1. The highest BCUT2D eigenvalue weighted by Gasteiger charge is 2.12. The summed E-state index contributed by atoms with van der Waals surface area (Å²) in [7, 11) is 0. The number of piperidine rings is 1. The van der Waals surface area contributed by atoms with Gasteiger partial charge in [0.25, 0.3) is 0 Å². The molecule has 0 saturated carbocycles. The van der Waals surface area contributed by atoms with Crippen LogP contribution in [0.4, 0.5) is 0 Å². The summed E-state index contributed by atoms with van der Waals surface area (Å²) in [6, 6.07) is 3.88. The second-order valence-electron chi connectivity index (χ2n) is 4.54. The van der Waals surface area contributed by atoms with E-state index < -0.39 is 0 Å². The molecule has 102 valence electrons. The van der Waals surface area contributed by atoms with Crippen molar-refractivity contribution in [3.8, 4) is 0 Å². The van der Waals surface area contributed by atoms with E-state index in [4.69, 9.17) is 18.0 Å². The lowest BCUT2D eigenvalue weighted by Crippen LogP contribution is -2.42. The Bertz CT molecular complexity index is 440. The summed E-state index contributed by atoms with van der Waals surface area (Å²) in [5.41, 5.74) is 7.02. The normalized spacial score (nSPS) is 16.2. The molecule has 0 bridgehead atoms. The van der Waals surface area contributed by atoms with E-state index >= 15 is 0 Å². The first-order valence-corrected chi connectivity index (χ1v) is 6.92. The maximum Gasteiger partial charge on any atom is 0.198 e. The maximum atomic E-state index is 5.95. The van der Waals surface area contributed by atoms with Gasteiger partial charge in [0.2, 0.25) is 0 Å². The highest BCUT2D eigenvalue weighted by atomic mass is 32.1.